The summed E-state index contributed by atoms with van der Waals surface area (Å²) in [6.45, 7) is 2.44. The highest BCUT2D eigenvalue weighted by molar-refractivity contribution is 6.31. The molecule has 112 valence electrons. The number of carbonyl (C=O) groups is 1. The van der Waals surface area contributed by atoms with Crippen molar-refractivity contribution in [2.24, 2.45) is 0 Å². The van der Waals surface area contributed by atoms with Crippen molar-refractivity contribution in [2.75, 3.05) is 11.9 Å². The monoisotopic (exact) mass is 315 g/mol. The molecule has 0 fully saturated rings. The van der Waals surface area contributed by atoms with Crippen LogP contribution in [0.4, 0.5) is 10.5 Å². The van der Waals surface area contributed by atoms with E-state index in [0.717, 1.165) is 5.56 Å². The van der Waals surface area contributed by atoms with Gasteiger partial charge >= 0.3 is 6.03 Å². The SMILES string of the molecule is CCNC(=O)Nc1ccc(-c2nc3cc(Cl)ccc3o2)cc1. The summed E-state index contributed by atoms with van der Waals surface area (Å²) in [6, 6.07) is 12.4. The van der Waals surface area contributed by atoms with E-state index < -0.39 is 0 Å². The number of benzene rings is 2. The number of halogens is 1. The summed E-state index contributed by atoms with van der Waals surface area (Å²) in [5.41, 5.74) is 2.93. The smallest absolute Gasteiger partial charge is 0.319 e. The zero-order valence-corrected chi connectivity index (χ0v) is 12.6. The first-order valence-electron chi connectivity index (χ1n) is 6.87. The van der Waals surface area contributed by atoms with Crippen LogP contribution < -0.4 is 10.6 Å². The maximum Gasteiger partial charge on any atom is 0.319 e. The van der Waals surface area contributed by atoms with Gasteiger partial charge in [-0.05, 0) is 49.4 Å². The highest BCUT2D eigenvalue weighted by atomic mass is 35.5. The van der Waals surface area contributed by atoms with Crippen molar-refractivity contribution >= 4 is 34.4 Å². The number of aromatic nitrogens is 1. The first-order chi connectivity index (χ1) is 10.7. The molecule has 0 radical (unpaired) electrons. The predicted octanol–water partition coefficient (Wildman–Crippen LogP) is 4.29. The third-order valence-electron chi connectivity index (χ3n) is 3.08. The zero-order valence-electron chi connectivity index (χ0n) is 11.9. The maximum atomic E-state index is 11.5. The number of nitrogens with zero attached hydrogens (tertiary/aromatic N) is 1. The Hall–Kier alpha value is -2.53. The van der Waals surface area contributed by atoms with Gasteiger partial charge in [-0.15, -0.1) is 0 Å². The topological polar surface area (TPSA) is 67.2 Å². The van der Waals surface area contributed by atoms with Crippen LogP contribution in [-0.4, -0.2) is 17.6 Å². The summed E-state index contributed by atoms with van der Waals surface area (Å²) in [6.07, 6.45) is 0. The number of amides is 2. The van der Waals surface area contributed by atoms with E-state index in [1.165, 1.54) is 0 Å². The van der Waals surface area contributed by atoms with E-state index in [4.69, 9.17) is 16.0 Å². The molecule has 0 aliphatic rings. The molecule has 0 unspecified atom stereocenters. The molecule has 0 spiro atoms. The molecule has 5 nitrogen and oxygen atoms in total. The number of fused-ring (bicyclic) bond motifs is 1. The second kappa shape index (κ2) is 6.07. The van der Waals surface area contributed by atoms with Gasteiger partial charge < -0.3 is 15.1 Å². The Labute approximate surface area is 132 Å². The number of urea groups is 1. The third-order valence-corrected chi connectivity index (χ3v) is 3.31. The van der Waals surface area contributed by atoms with Crippen molar-refractivity contribution in [3.05, 3.63) is 47.5 Å². The average Bonchev–Trinajstić information content (AvgIpc) is 2.91. The Kier molecular flexibility index (Phi) is 3.98. The van der Waals surface area contributed by atoms with Gasteiger partial charge in [-0.2, -0.15) is 0 Å². The van der Waals surface area contributed by atoms with Crippen LogP contribution >= 0.6 is 11.6 Å². The Morgan fingerprint density at radius 1 is 1.23 bits per heavy atom. The van der Waals surface area contributed by atoms with E-state index in [1.807, 2.05) is 19.1 Å². The molecule has 0 aliphatic heterocycles. The largest absolute Gasteiger partial charge is 0.436 e. The number of rotatable bonds is 3. The van der Waals surface area contributed by atoms with Crippen LogP contribution in [0.25, 0.3) is 22.6 Å². The highest BCUT2D eigenvalue weighted by Gasteiger charge is 2.09. The van der Waals surface area contributed by atoms with Gasteiger partial charge in [-0.25, -0.2) is 9.78 Å². The molecular weight excluding hydrogens is 302 g/mol. The lowest BCUT2D eigenvalue weighted by atomic mass is 10.2. The Bertz CT molecular complexity index is 812. The molecule has 3 aromatic rings. The fraction of sp³-hybridized carbons (Fsp3) is 0.125. The van der Waals surface area contributed by atoms with Crippen molar-refractivity contribution < 1.29 is 9.21 Å². The van der Waals surface area contributed by atoms with Crippen LogP contribution in [0.5, 0.6) is 0 Å². The number of hydrogen-bond acceptors (Lipinski definition) is 3. The lowest BCUT2D eigenvalue weighted by molar-refractivity contribution is 0.252. The average molecular weight is 316 g/mol. The molecule has 0 saturated heterocycles. The van der Waals surface area contributed by atoms with Gasteiger partial charge in [-0.3, -0.25) is 0 Å². The predicted molar refractivity (Wildman–Crippen MR) is 87.2 cm³/mol. The van der Waals surface area contributed by atoms with E-state index >= 15 is 0 Å². The van der Waals surface area contributed by atoms with Crippen LogP contribution in [0, 0.1) is 0 Å². The molecule has 1 heterocycles. The number of hydrogen-bond donors (Lipinski definition) is 2. The molecule has 0 aliphatic carbocycles. The molecule has 6 heteroatoms. The normalized spacial score (nSPS) is 10.6. The number of oxazole rings is 1. The number of nitrogens with one attached hydrogen (secondary N) is 2. The Morgan fingerprint density at radius 2 is 2.00 bits per heavy atom. The van der Waals surface area contributed by atoms with Crippen LogP contribution in [-0.2, 0) is 0 Å². The quantitative estimate of drug-likeness (QED) is 0.757. The summed E-state index contributed by atoms with van der Waals surface area (Å²) in [7, 11) is 0. The third kappa shape index (κ3) is 3.04. The van der Waals surface area contributed by atoms with Gasteiger partial charge in [0.2, 0.25) is 5.89 Å². The van der Waals surface area contributed by atoms with Gasteiger partial charge in [0, 0.05) is 22.8 Å². The van der Waals surface area contributed by atoms with Crippen molar-refractivity contribution in [1.82, 2.24) is 10.3 Å². The van der Waals surface area contributed by atoms with Gasteiger partial charge in [-0.1, -0.05) is 11.6 Å². The zero-order chi connectivity index (χ0) is 15.5. The lowest BCUT2D eigenvalue weighted by Crippen LogP contribution is -2.28. The summed E-state index contributed by atoms with van der Waals surface area (Å²) < 4.78 is 5.70. The summed E-state index contributed by atoms with van der Waals surface area (Å²) in [5, 5.41) is 6.03. The fourth-order valence-corrected chi connectivity index (χ4v) is 2.22. The van der Waals surface area contributed by atoms with E-state index in [9.17, 15) is 4.79 Å². The first-order valence-corrected chi connectivity index (χ1v) is 7.25. The second-order valence-corrected chi connectivity index (χ2v) is 5.13. The minimum absolute atomic E-state index is 0.230. The standard InChI is InChI=1S/C16H14ClN3O2/c1-2-18-16(21)19-12-6-3-10(4-7-12)15-20-13-9-11(17)5-8-14(13)22-15/h3-9H,2H2,1H3,(H2,18,19,21). The molecular formula is C16H14ClN3O2. The molecule has 2 N–H and O–H groups in total. The summed E-state index contributed by atoms with van der Waals surface area (Å²) in [5.74, 6) is 0.516. The van der Waals surface area contributed by atoms with Crippen LogP contribution in [0.2, 0.25) is 5.02 Å². The first kappa shape index (κ1) is 14.4. The van der Waals surface area contributed by atoms with E-state index in [0.29, 0.717) is 34.2 Å². The van der Waals surface area contributed by atoms with E-state index in [2.05, 4.69) is 15.6 Å². The molecule has 3 rings (SSSR count). The summed E-state index contributed by atoms with van der Waals surface area (Å²) in [4.78, 5) is 15.9. The second-order valence-electron chi connectivity index (χ2n) is 4.69. The van der Waals surface area contributed by atoms with Crippen LogP contribution in [0.3, 0.4) is 0 Å². The van der Waals surface area contributed by atoms with Crippen LogP contribution in [0.1, 0.15) is 6.92 Å². The lowest BCUT2D eigenvalue weighted by Gasteiger charge is -2.05. The number of carbonyl (C=O) groups excluding carboxylic acids is 1. The minimum Gasteiger partial charge on any atom is -0.436 e. The molecule has 22 heavy (non-hydrogen) atoms. The fourth-order valence-electron chi connectivity index (χ4n) is 2.06. The van der Waals surface area contributed by atoms with Crippen molar-refractivity contribution in [3.8, 4) is 11.5 Å². The highest BCUT2D eigenvalue weighted by Crippen LogP contribution is 2.26. The molecule has 0 bridgehead atoms. The van der Waals surface area contributed by atoms with E-state index in [1.54, 1.807) is 30.3 Å². The van der Waals surface area contributed by atoms with Gasteiger partial charge in [0.15, 0.2) is 5.58 Å². The number of anilines is 1. The van der Waals surface area contributed by atoms with Gasteiger partial charge in [0.05, 0.1) is 0 Å². The van der Waals surface area contributed by atoms with Crippen molar-refractivity contribution in [2.45, 2.75) is 6.92 Å². The maximum absolute atomic E-state index is 11.5. The molecule has 0 atom stereocenters. The minimum atomic E-state index is -0.230. The van der Waals surface area contributed by atoms with Crippen molar-refractivity contribution in [1.29, 1.82) is 0 Å². The van der Waals surface area contributed by atoms with Crippen LogP contribution in [0.15, 0.2) is 46.9 Å². The molecule has 0 saturated carbocycles. The molecule has 2 amide bonds. The van der Waals surface area contributed by atoms with Crippen molar-refractivity contribution in [3.63, 3.8) is 0 Å². The Balaban J connectivity index is 1.83. The van der Waals surface area contributed by atoms with Gasteiger partial charge in [0.1, 0.15) is 5.52 Å². The molecule has 2 aromatic carbocycles. The Morgan fingerprint density at radius 3 is 2.73 bits per heavy atom. The van der Waals surface area contributed by atoms with Gasteiger partial charge in [0.25, 0.3) is 0 Å². The summed E-state index contributed by atoms with van der Waals surface area (Å²) >= 11 is 5.94. The van der Waals surface area contributed by atoms with E-state index in [-0.39, 0.29) is 6.03 Å². The molecule has 1 aromatic heterocycles.